The van der Waals surface area contributed by atoms with Crippen LogP contribution in [0.15, 0.2) is 0 Å². The summed E-state index contributed by atoms with van der Waals surface area (Å²) in [4.78, 5) is 0. The van der Waals surface area contributed by atoms with E-state index in [-0.39, 0.29) is 42.8 Å². The Balaban J connectivity index is -0.000000827. The first kappa shape index (κ1) is 27.7. The van der Waals surface area contributed by atoms with Crippen LogP contribution in [0.5, 0.6) is 0 Å². The Morgan fingerprint density at radius 3 is 1.45 bits per heavy atom. The zero-order valence-corrected chi connectivity index (χ0v) is 17.5. The summed E-state index contributed by atoms with van der Waals surface area (Å²) in [5.74, 6) is 0. The van der Waals surface area contributed by atoms with Crippen LogP contribution in [0.1, 0.15) is 84.5 Å². The van der Waals surface area contributed by atoms with Gasteiger partial charge in [0.1, 0.15) is 0 Å². The van der Waals surface area contributed by atoms with Crippen molar-refractivity contribution in [3.05, 3.63) is 0 Å². The van der Waals surface area contributed by atoms with Crippen LogP contribution in [0.25, 0.3) is 0 Å². The molecule has 0 saturated carbocycles. The molecule has 130 valence electrons. The maximum atomic E-state index is 10.1. The van der Waals surface area contributed by atoms with Crippen molar-refractivity contribution in [2.24, 2.45) is 0 Å². The van der Waals surface area contributed by atoms with E-state index >= 15 is 0 Å². The first-order chi connectivity index (χ1) is 9.97. The van der Waals surface area contributed by atoms with Gasteiger partial charge >= 0.3 is 29.6 Å². The summed E-state index contributed by atoms with van der Waals surface area (Å²) < 4.78 is 34.5. The molecule has 7 heteroatoms. The predicted octanol–water partition coefficient (Wildman–Crippen LogP) is 0.777. The van der Waals surface area contributed by atoms with Gasteiger partial charge in [0.15, 0.2) is 0 Å². The smallest absolute Gasteiger partial charge is 0.726 e. The summed E-state index contributed by atoms with van der Waals surface area (Å²) in [6.45, 7) is 4.19. The van der Waals surface area contributed by atoms with Gasteiger partial charge in [0, 0.05) is 6.61 Å². The fourth-order valence-electron chi connectivity index (χ4n) is 1.93. The molecule has 0 aliphatic rings. The first-order valence-electron chi connectivity index (χ1n) is 8.19. The van der Waals surface area contributed by atoms with Crippen molar-refractivity contribution >= 4 is 10.4 Å². The third-order valence-electron chi connectivity index (χ3n) is 2.98. The van der Waals surface area contributed by atoms with Gasteiger partial charge in [-0.25, -0.2) is 8.42 Å². The van der Waals surface area contributed by atoms with Gasteiger partial charge in [-0.1, -0.05) is 71.1 Å². The molecular formula is C15H33NaO5S. The molecular weight excluding hydrogens is 315 g/mol. The van der Waals surface area contributed by atoms with E-state index in [2.05, 4.69) is 11.1 Å². The first-order valence-corrected chi connectivity index (χ1v) is 9.52. The van der Waals surface area contributed by atoms with Gasteiger partial charge in [0.25, 0.3) is 0 Å². The van der Waals surface area contributed by atoms with Gasteiger partial charge in [-0.05, 0) is 13.3 Å². The maximum Gasteiger partial charge on any atom is 1.00 e. The molecule has 0 aromatic rings. The quantitative estimate of drug-likeness (QED) is 0.230. The Bertz CT molecular complexity index is 284. The van der Waals surface area contributed by atoms with Gasteiger partial charge in [-0.2, -0.15) is 0 Å². The molecule has 1 N–H and O–H groups in total. The minimum absolute atomic E-state index is 0. The van der Waals surface area contributed by atoms with Gasteiger partial charge in [-0.15, -0.1) is 0 Å². The maximum absolute atomic E-state index is 10.1. The summed E-state index contributed by atoms with van der Waals surface area (Å²) >= 11 is 0. The summed E-state index contributed by atoms with van der Waals surface area (Å²) in [5.41, 5.74) is 0. The van der Waals surface area contributed by atoms with E-state index in [4.69, 9.17) is 5.11 Å². The second kappa shape index (κ2) is 21.8. The number of aliphatic hydroxyl groups is 1. The molecule has 22 heavy (non-hydrogen) atoms. The molecule has 0 radical (unpaired) electrons. The van der Waals surface area contributed by atoms with Crippen LogP contribution in [-0.2, 0) is 14.6 Å². The van der Waals surface area contributed by atoms with Crippen molar-refractivity contribution in [3.8, 4) is 0 Å². The van der Waals surface area contributed by atoms with Crippen LogP contribution in [0.2, 0.25) is 0 Å². The number of hydrogen-bond donors (Lipinski definition) is 1. The van der Waals surface area contributed by atoms with E-state index in [0.29, 0.717) is 6.42 Å². The Morgan fingerprint density at radius 2 is 1.14 bits per heavy atom. The van der Waals surface area contributed by atoms with E-state index in [1.54, 1.807) is 6.92 Å². The molecule has 0 bridgehead atoms. The number of aliphatic hydroxyl groups excluding tert-OH is 1. The zero-order valence-electron chi connectivity index (χ0n) is 14.7. The second-order valence-electron chi connectivity index (χ2n) is 5.08. The van der Waals surface area contributed by atoms with E-state index in [1.165, 1.54) is 51.4 Å². The van der Waals surface area contributed by atoms with Crippen LogP contribution >= 0.6 is 0 Å². The predicted molar refractivity (Wildman–Crippen MR) is 84.9 cm³/mol. The van der Waals surface area contributed by atoms with E-state index in [1.807, 2.05) is 0 Å². The van der Waals surface area contributed by atoms with Crippen LogP contribution < -0.4 is 29.6 Å². The molecule has 0 aromatic carbocycles. The van der Waals surface area contributed by atoms with Crippen LogP contribution in [0, 0.1) is 0 Å². The minimum Gasteiger partial charge on any atom is -0.726 e. The summed E-state index contributed by atoms with van der Waals surface area (Å²) in [6.07, 6.45) is 13.1. The molecule has 0 unspecified atom stereocenters. The van der Waals surface area contributed by atoms with Crippen LogP contribution in [-0.4, -0.2) is 31.3 Å². The molecule has 0 aliphatic heterocycles. The molecule has 0 saturated heterocycles. The third-order valence-corrected chi connectivity index (χ3v) is 3.43. The largest absolute Gasteiger partial charge is 1.00 e. The fourth-order valence-corrected chi connectivity index (χ4v) is 2.25. The molecule has 0 amide bonds. The number of unbranched alkanes of at least 4 members (excludes halogenated alkanes) is 10. The van der Waals surface area contributed by atoms with Crippen LogP contribution in [0.4, 0.5) is 0 Å². The number of rotatable bonds is 13. The Kier molecular flexibility index (Phi) is 27.5. The van der Waals surface area contributed by atoms with Gasteiger partial charge in [0.2, 0.25) is 10.4 Å². The summed E-state index contributed by atoms with van der Waals surface area (Å²) in [6, 6.07) is 0. The monoisotopic (exact) mass is 348 g/mol. The van der Waals surface area contributed by atoms with E-state index in [9.17, 15) is 13.0 Å². The molecule has 0 aromatic heterocycles. The van der Waals surface area contributed by atoms with Gasteiger partial charge < -0.3 is 9.66 Å². The zero-order chi connectivity index (χ0) is 16.4. The standard InChI is InChI=1S/C13H28O4S.C2H6O.Na/c1-2-3-4-5-6-7-8-9-10-11-12-13-17-18(14,15)16;1-2-3;/h2-13H2,1H3,(H,14,15,16);3H,2H2,1H3;/q;;+1/p-1. The summed E-state index contributed by atoms with van der Waals surface area (Å²) in [7, 11) is -4.49. The van der Waals surface area contributed by atoms with Crippen molar-refractivity contribution in [2.45, 2.75) is 84.5 Å². The minimum atomic E-state index is -4.49. The topological polar surface area (TPSA) is 86.7 Å². The molecule has 0 fully saturated rings. The third kappa shape index (κ3) is 32.7. The Hall–Kier alpha value is 0.830. The van der Waals surface area contributed by atoms with Crippen molar-refractivity contribution in [3.63, 3.8) is 0 Å². The Morgan fingerprint density at radius 1 is 0.818 bits per heavy atom. The molecule has 0 heterocycles. The number of hydrogen-bond acceptors (Lipinski definition) is 5. The van der Waals surface area contributed by atoms with E-state index < -0.39 is 10.4 Å². The van der Waals surface area contributed by atoms with Gasteiger partial charge in [-0.3, -0.25) is 4.18 Å². The molecule has 0 atom stereocenters. The van der Waals surface area contributed by atoms with Crippen molar-refractivity contribution in [1.82, 2.24) is 0 Å². The van der Waals surface area contributed by atoms with Crippen molar-refractivity contribution in [2.75, 3.05) is 13.2 Å². The van der Waals surface area contributed by atoms with Crippen LogP contribution in [0.3, 0.4) is 0 Å². The van der Waals surface area contributed by atoms with Crippen molar-refractivity contribution in [1.29, 1.82) is 0 Å². The average Bonchev–Trinajstić information content (AvgIpc) is 2.40. The molecule has 0 rings (SSSR count). The normalized spacial score (nSPS) is 10.5. The van der Waals surface area contributed by atoms with Crippen molar-refractivity contribution < 1.29 is 51.8 Å². The Labute approximate surface area is 159 Å². The fraction of sp³-hybridized carbons (Fsp3) is 1.00. The average molecular weight is 348 g/mol. The van der Waals surface area contributed by atoms with Gasteiger partial charge in [0.05, 0.1) is 6.61 Å². The second-order valence-corrected chi connectivity index (χ2v) is 6.13. The molecule has 0 spiro atoms. The molecule has 5 nitrogen and oxygen atoms in total. The van der Waals surface area contributed by atoms with E-state index in [0.717, 1.165) is 12.8 Å². The SMILES string of the molecule is CCCCCCCCCCCCCOS(=O)(=O)[O-].CCO.[Na+]. The molecule has 0 aliphatic carbocycles. The summed E-state index contributed by atoms with van der Waals surface area (Å²) in [5, 5.41) is 7.57.